The van der Waals surface area contributed by atoms with Gasteiger partial charge in [0.2, 0.25) is 11.8 Å². The maximum atomic E-state index is 12.1. The Balaban J connectivity index is 0.000000320. The van der Waals surface area contributed by atoms with E-state index in [-0.39, 0.29) is 19.2 Å². The third kappa shape index (κ3) is 13.2. The summed E-state index contributed by atoms with van der Waals surface area (Å²) < 4.78 is 4.05. The van der Waals surface area contributed by atoms with Gasteiger partial charge in [-0.3, -0.25) is 9.59 Å². The van der Waals surface area contributed by atoms with Crippen molar-refractivity contribution in [3.05, 3.63) is 129 Å². The largest absolute Gasteiger partial charge is 0.399 e. The van der Waals surface area contributed by atoms with Crippen molar-refractivity contribution >= 4 is 81.2 Å². The van der Waals surface area contributed by atoms with E-state index in [1.807, 2.05) is 57.2 Å². The van der Waals surface area contributed by atoms with Gasteiger partial charge in [0.05, 0.1) is 12.8 Å². The number of nitrogens with one attached hydrogen (secondary N) is 2. The van der Waals surface area contributed by atoms with Gasteiger partial charge in [0.15, 0.2) is 0 Å². The predicted octanol–water partition coefficient (Wildman–Crippen LogP) is 9.99. The minimum absolute atomic E-state index is 0. The summed E-state index contributed by atoms with van der Waals surface area (Å²) in [6, 6.07) is 20.4. The molecule has 0 radical (unpaired) electrons. The molecule has 4 aromatic carbocycles. The molecule has 5 nitrogen and oxygen atoms in total. The van der Waals surface area contributed by atoms with Gasteiger partial charge >= 0.3 is 0 Å². The molecule has 252 valence electrons. The highest BCUT2D eigenvalue weighted by atomic mass is 79.9. The van der Waals surface area contributed by atoms with Crippen LogP contribution in [0.4, 0.5) is 5.69 Å². The van der Waals surface area contributed by atoms with E-state index in [0.29, 0.717) is 25.9 Å². The van der Waals surface area contributed by atoms with Crippen LogP contribution in [0.5, 0.6) is 0 Å². The molecule has 0 saturated carbocycles. The zero-order valence-corrected chi connectivity index (χ0v) is 33.3. The van der Waals surface area contributed by atoms with Gasteiger partial charge in [0.25, 0.3) is 0 Å². The summed E-state index contributed by atoms with van der Waals surface area (Å²) in [5, 5.41) is 5.96. The quantitative estimate of drug-likeness (QED) is 0.139. The number of carbonyl (C=O) groups is 2. The zero-order valence-electron chi connectivity index (χ0n) is 26.9. The van der Waals surface area contributed by atoms with E-state index in [9.17, 15) is 9.59 Å². The molecule has 4 rings (SSSR count). The Kier molecular flexibility index (Phi) is 16.9. The Morgan fingerprint density at radius 3 is 1.32 bits per heavy atom. The van der Waals surface area contributed by atoms with Crippen LogP contribution in [-0.4, -0.2) is 24.9 Å². The van der Waals surface area contributed by atoms with Crippen molar-refractivity contribution in [2.45, 2.75) is 67.7 Å². The van der Waals surface area contributed by atoms with E-state index in [2.05, 4.69) is 112 Å². The molecule has 0 spiro atoms. The Bertz CT molecular complexity index is 1530. The molecule has 0 saturated heterocycles. The first-order valence-corrected chi connectivity index (χ1v) is 18.2. The number of nitrogen functional groups attached to an aromatic ring is 1. The molecule has 47 heavy (non-hydrogen) atoms. The first kappa shape index (κ1) is 40.7. The van der Waals surface area contributed by atoms with Gasteiger partial charge in [-0.05, 0) is 128 Å². The molecule has 0 unspecified atom stereocenters. The van der Waals surface area contributed by atoms with Gasteiger partial charge in [-0.1, -0.05) is 101 Å². The standard InChI is InChI=1S/C19H21Br2NO.C18H20Br2N2O.CH4/c1-12-4-5-15(8-13(12)2)6-7-22-19(23)11-16-9-17(20)14(3)18(21)10-16;1-11-7-13(3-4-17(11)21)5-6-22-18(23)10-14-8-15(19)12(2)16(20)9-14;/h4-5,8-10H,6-7,11H2,1-3H3,(H,22,23);3-4,7-9H,5-6,10,21H2,1-2H3,(H,22,23);1H4. The molecule has 0 aliphatic carbocycles. The second kappa shape index (κ2) is 19.5. The van der Waals surface area contributed by atoms with Crippen molar-refractivity contribution in [1.29, 1.82) is 0 Å². The highest BCUT2D eigenvalue weighted by molar-refractivity contribution is 9.11. The van der Waals surface area contributed by atoms with Gasteiger partial charge in [-0.25, -0.2) is 0 Å². The fourth-order valence-corrected chi connectivity index (χ4v) is 7.20. The Morgan fingerprint density at radius 1 is 0.553 bits per heavy atom. The van der Waals surface area contributed by atoms with E-state index >= 15 is 0 Å². The normalized spacial score (nSPS) is 10.4. The SMILES string of the molecule is C.Cc1cc(CCNC(=O)Cc2cc(Br)c(C)c(Br)c2)ccc1N.Cc1ccc(CCNC(=O)Cc2cc(Br)c(C)c(Br)c2)cc1C. The van der Waals surface area contributed by atoms with Crippen molar-refractivity contribution in [2.75, 3.05) is 18.8 Å². The lowest BCUT2D eigenvalue weighted by molar-refractivity contribution is -0.121. The maximum Gasteiger partial charge on any atom is 0.224 e. The Hall–Kier alpha value is -2.46. The molecule has 0 aliphatic heterocycles. The molecule has 0 aliphatic rings. The number of hydrogen-bond acceptors (Lipinski definition) is 3. The van der Waals surface area contributed by atoms with Crippen molar-refractivity contribution < 1.29 is 9.59 Å². The molecule has 0 atom stereocenters. The van der Waals surface area contributed by atoms with E-state index in [1.165, 1.54) is 22.3 Å². The van der Waals surface area contributed by atoms with E-state index in [4.69, 9.17) is 5.73 Å². The lowest BCUT2D eigenvalue weighted by Gasteiger charge is -2.09. The summed E-state index contributed by atoms with van der Waals surface area (Å²) in [5.74, 6) is 0.0799. The Labute approximate surface area is 314 Å². The number of halogens is 4. The van der Waals surface area contributed by atoms with Crippen LogP contribution >= 0.6 is 63.7 Å². The third-order valence-corrected chi connectivity index (χ3v) is 11.1. The van der Waals surface area contributed by atoms with Crippen molar-refractivity contribution in [1.82, 2.24) is 10.6 Å². The van der Waals surface area contributed by atoms with Crippen LogP contribution in [-0.2, 0) is 35.3 Å². The second-order valence-electron chi connectivity index (χ2n) is 11.5. The minimum Gasteiger partial charge on any atom is -0.399 e. The van der Waals surface area contributed by atoms with Crippen molar-refractivity contribution in [2.24, 2.45) is 0 Å². The second-order valence-corrected chi connectivity index (χ2v) is 14.9. The van der Waals surface area contributed by atoms with Crippen LogP contribution < -0.4 is 16.4 Å². The smallest absolute Gasteiger partial charge is 0.224 e. The third-order valence-electron chi connectivity index (χ3n) is 7.79. The molecule has 0 bridgehead atoms. The van der Waals surface area contributed by atoms with E-state index in [0.717, 1.165) is 64.2 Å². The fourth-order valence-electron chi connectivity index (χ4n) is 4.64. The van der Waals surface area contributed by atoms with Crippen LogP contribution in [0.1, 0.15) is 57.5 Å². The van der Waals surface area contributed by atoms with Crippen molar-refractivity contribution in [3.63, 3.8) is 0 Å². The number of aryl methyl sites for hydroxylation is 3. The van der Waals surface area contributed by atoms with Crippen LogP contribution in [0.2, 0.25) is 0 Å². The summed E-state index contributed by atoms with van der Waals surface area (Å²) >= 11 is 14.1. The number of carbonyl (C=O) groups excluding carboxylic acids is 2. The summed E-state index contributed by atoms with van der Waals surface area (Å²) in [6.45, 7) is 11.5. The van der Waals surface area contributed by atoms with Gasteiger partial charge in [0, 0.05) is 36.7 Å². The van der Waals surface area contributed by atoms with Gasteiger partial charge < -0.3 is 16.4 Å². The molecule has 9 heteroatoms. The molecular formula is C38H45Br4N3O2. The average molecular weight is 895 g/mol. The fraction of sp³-hybridized carbons (Fsp3) is 0.316. The number of rotatable bonds is 10. The average Bonchev–Trinajstić information content (AvgIpc) is 2.98. The molecule has 4 aromatic rings. The van der Waals surface area contributed by atoms with Gasteiger partial charge in [-0.15, -0.1) is 0 Å². The van der Waals surface area contributed by atoms with E-state index < -0.39 is 0 Å². The number of amides is 2. The molecule has 0 fully saturated rings. The number of anilines is 1. The summed E-state index contributed by atoms with van der Waals surface area (Å²) in [6.07, 6.45) is 2.42. The van der Waals surface area contributed by atoms with Crippen LogP contribution in [0.3, 0.4) is 0 Å². The highest BCUT2D eigenvalue weighted by Gasteiger charge is 2.09. The molecule has 4 N–H and O–H groups in total. The highest BCUT2D eigenvalue weighted by Crippen LogP contribution is 2.27. The van der Waals surface area contributed by atoms with Crippen molar-refractivity contribution in [3.8, 4) is 0 Å². The van der Waals surface area contributed by atoms with E-state index in [1.54, 1.807) is 0 Å². The predicted molar refractivity (Wildman–Crippen MR) is 212 cm³/mol. The van der Waals surface area contributed by atoms with Gasteiger partial charge in [-0.2, -0.15) is 0 Å². The van der Waals surface area contributed by atoms with Crippen LogP contribution in [0, 0.1) is 34.6 Å². The zero-order chi connectivity index (χ0) is 34.0. The first-order chi connectivity index (χ1) is 21.7. The number of benzene rings is 4. The molecule has 0 heterocycles. The summed E-state index contributed by atoms with van der Waals surface area (Å²) in [5.41, 5.74) is 17.0. The number of hydrogen-bond donors (Lipinski definition) is 3. The van der Waals surface area contributed by atoms with Crippen LogP contribution in [0.25, 0.3) is 0 Å². The first-order valence-electron chi connectivity index (χ1n) is 15.1. The lowest BCUT2D eigenvalue weighted by atomic mass is 10.0. The summed E-state index contributed by atoms with van der Waals surface area (Å²) in [4.78, 5) is 24.2. The summed E-state index contributed by atoms with van der Waals surface area (Å²) in [7, 11) is 0. The van der Waals surface area contributed by atoms with Crippen LogP contribution in [0.15, 0.2) is 78.6 Å². The lowest BCUT2D eigenvalue weighted by Crippen LogP contribution is -2.27. The molecule has 2 amide bonds. The molecular weight excluding hydrogens is 850 g/mol. The topological polar surface area (TPSA) is 84.2 Å². The maximum absolute atomic E-state index is 12.1. The molecule has 0 aromatic heterocycles. The minimum atomic E-state index is 0. The Morgan fingerprint density at radius 2 is 0.936 bits per heavy atom. The number of nitrogens with two attached hydrogens (primary N) is 1. The van der Waals surface area contributed by atoms with Gasteiger partial charge in [0.1, 0.15) is 0 Å². The monoisotopic (exact) mass is 891 g/mol.